The smallest absolute Gasteiger partial charge is 0.267 e. The molecule has 5 aromatic rings. The molecule has 2 heterocycles. The van der Waals surface area contributed by atoms with E-state index in [1.54, 1.807) is 48.5 Å². The van der Waals surface area contributed by atoms with E-state index in [1.807, 2.05) is 0 Å². The summed E-state index contributed by atoms with van der Waals surface area (Å²) in [6.45, 7) is 0. The van der Waals surface area contributed by atoms with Crippen LogP contribution in [0.1, 0.15) is 9.67 Å². The summed E-state index contributed by atoms with van der Waals surface area (Å²) >= 11 is 13.7. The number of oxazole rings is 1. The third-order valence-corrected chi connectivity index (χ3v) is 6.41. The highest BCUT2D eigenvalue weighted by Gasteiger charge is 2.18. The van der Waals surface area contributed by atoms with E-state index in [9.17, 15) is 9.18 Å². The van der Waals surface area contributed by atoms with Gasteiger partial charge < -0.3 is 9.73 Å². The lowest BCUT2D eigenvalue weighted by atomic mass is 10.2. The normalized spacial score (nSPS) is 11.3. The third-order valence-electron chi connectivity index (χ3n) is 4.51. The number of halogens is 3. The fourth-order valence-corrected chi connectivity index (χ4v) is 4.81. The quantitative estimate of drug-likeness (QED) is 0.307. The van der Waals surface area contributed by atoms with Gasteiger partial charge in [0.1, 0.15) is 16.2 Å². The van der Waals surface area contributed by atoms with Crippen LogP contribution in [0, 0.1) is 5.82 Å². The molecule has 0 unspecified atom stereocenters. The first-order valence-corrected chi connectivity index (χ1v) is 10.4. The molecule has 2 aromatic heterocycles. The van der Waals surface area contributed by atoms with E-state index in [1.165, 1.54) is 23.5 Å². The number of carbonyl (C=O) groups excluding carboxylic acids is 1. The minimum atomic E-state index is -0.371. The van der Waals surface area contributed by atoms with Crippen LogP contribution in [0.25, 0.3) is 32.6 Å². The van der Waals surface area contributed by atoms with Crippen LogP contribution in [-0.2, 0) is 0 Å². The molecule has 0 atom stereocenters. The molecule has 148 valence electrons. The highest BCUT2D eigenvalue weighted by atomic mass is 35.5. The number of nitrogens with zero attached hydrogens (tertiary/aromatic N) is 1. The monoisotopic (exact) mass is 456 g/mol. The zero-order valence-electron chi connectivity index (χ0n) is 15.1. The van der Waals surface area contributed by atoms with Crippen LogP contribution in [-0.4, -0.2) is 10.9 Å². The Balaban J connectivity index is 1.45. The largest absolute Gasteiger partial charge is 0.436 e. The summed E-state index contributed by atoms with van der Waals surface area (Å²) in [6.07, 6.45) is 0. The third kappa shape index (κ3) is 3.43. The topological polar surface area (TPSA) is 55.1 Å². The summed E-state index contributed by atoms with van der Waals surface area (Å²) in [5, 5.41) is 4.59. The van der Waals surface area contributed by atoms with Gasteiger partial charge in [-0.05, 0) is 48.5 Å². The van der Waals surface area contributed by atoms with Crippen LogP contribution in [0.2, 0.25) is 10.0 Å². The Morgan fingerprint density at radius 3 is 2.77 bits per heavy atom. The van der Waals surface area contributed by atoms with Crippen molar-refractivity contribution in [3.05, 3.63) is 81.4 Å². The van der Waals surface area contributed by atoms with E-state index in [4.69, 9.17) is 27.6 Å². The number of hydrogen-bond donors (Lipinski definition) is 1. The lowest BCUT2D eigenvalue weighted by molar-refractivity contribution is 0.103. The zero-order valence-corrected chi connectivity index (χ0v) is 17.4. The molecule has 4 nitrogen and oxygen atoms in total. The number of fused-ring (bicyclic) bond motifs is 2. The summed E-state index contributed by atoms with van der Waals surface area (Å²) in [6, 6.07) is 16.4. The van der Waals surface area contributed by atoms with Gasteiger partial charge in [-0.2, -0.15) is 0 Å². The van der Waals surface area contributed by atoms with Gasteiger partial charge in [0.15, 0.2) is 5.58 Å². The number of benzene rings is 3. The molecule has 0 aliphatic heterocycles. The number of aromatic nitrogens is 1. The summed E-state index contributed by atoms with van der Waals surface area (Å²) in [5.41, 5.74) is 2.15. The fraction of sp³-hybridized carbons (Fsp3) is 0. The van der Waals surface area contributed by atoms with Crippen molar-refractivity contribution in [2.45, 2.75) is 0 Å². The lowest BCUT2D eigenvalue weighted by Crippen LogP contribution is -2.10. The SMILES string of the molecule is O=C(Nc1ccc2oc(-c3cccc(F)c3)nc2c1)c1sc2cc(Cl)ccc2c1Cl. The Hall–Kier alpha value is -2.93. The van der Waals surface area contributed by atoms with Crippen molar-refractivity contribution in [3.8, 4) is 11.5 Å². The molecule has 0 aliphatic rings. The average molecular weight is 457 g/mol. The number of hydrogen-bond acceptors (Lipinski definition) is 4. The molecular formula is C22H11Cl2FN2O2S. The maximum Gasteiger partial charge on any atom is 0.267 e. The Labute approximate surface area is 183 Å². The number of carbonyl (C=O) groups is 1. The number of rotatable bonds is 3. The maximum absolute atomic E-state index is 13.5. The minimum absolute atomic E-state index is 0.303. The van der Waals surface area contributed by atoms with Crippen molar-refractivity contribution in [1.29, 1.82) is 0 Å². The molecule has 3 aromatic carbocycles. The van der Waals surface area contributed by atoms with Crippen LogP contribution in [0.4, 0.5) is 10.1 Å². The van der Waals surface area contributed by atoms with E-state index < -0.39 is 0 Å². The number of anilines is 1. The van der Waals surface area contributed by atoms with Gasteiger partial charge in [-0.25, -0.2) is 9.37 Å². The second-order valence-electron chi connectivity index (χ2n) is 6.55. The van der Waals surface area contributed by atoms with Gasteiger partial charge in [-0.3, -0.25) is 4.79 Å². The molecule has 1 amide bonds. The first kappa shape index (κ1) is 19.1. The van der Waals surface area contributed by atoms with E-state index in [0.717, 1.165) is 10.1 Å². The Morgan fingerprint density at radius 2 is 1.93 bits per heavy atom. The van der Waals surface area contributed by atoms with Gasteiger partial charge >= 0.3 is 0 Å². The summed E-state index contributed by atoms with van der Waals surface area (Å²) in [4.78, 5) is 17.6. The minimum Gasteiger partial charge on any atom is -0.436 e. The van der Waals surface area contributed by atoms with Crippen LogP contribution in [0.3, 0.4) is 0 Å². The lowest BCUT2D eigenvalue weighted by Gasteiger charge is -2.03. The maximum atomic E-state index is 13.5. The van der Waals surface area contributed by atoms with Gasteiger partial charge in [0, 0.05) is 26.4 Å². The molecule has 0 saturated heterocycles. The number of thiophene rings is 1. The molecule has 0 aliphatic carbocycles. The molecule has 0 spiro atoms. The molecule has 1 N–H and O–H groups in total. The molecule has 5 rings (SSSR count). The van der Waals surface area contributed by atoms with Crippen molar-refractivity contribution in [3.63, 3.8) is 0 Å². The predicted molar refractivity (Wildman–Crippen MR) is 119 cm³/mol. The van der Waals surface area contributed by atoms with Crippen molar-refractivity contribution < 1.29 is 13.6 Å². The van der Waals surface area contributed by atoms with E-state index in [2.05, 4.69) is 10.3 Å². The highest BCUT2D eigenvalue weighted by molar-refractivity contribution is 7.21. The molecule has 0 saturated carbocycles. The predicted octanol–water partition coefficient (Wildman–Crippen LogP) is 7.41. The van der Waals surface area contributed by atoms with Crippen LogP contribution in [0.5, 0.6) is 0 Å². The second-order valence-corrected chi connectivity index (χ2v) is 8.42. The van der Waals surface area contributed by atoms with Gasteiger partial charge in [-0.1, -0.05) is 35.3 Å². The standard InChI is InChI=1S/C22H11Cl2FN2O2S/c23-12-4-6-15-18(9-12)30-20(19(15)24)21(28)26-14-5-7-17-16(10-14)27-22(29-17)11-2-1-3-13(25)8-11/h1-10H,(H,26,28). The fourth-order valence-electron chi connectivity index (χ4n) is 3.12. The first-order valence-electron chi connectivity index (χ1n) is 8.83. The molecule has 0 radical (unpaired) electrons. The Bertz CT molecular complexity index is 1440. The van der Waals surface area contributed by atoms with Gasteiger partial charge in [0.2, 0.25) is 5.89 Å². The zero-order chi connectivity index (χ0) is 20.8. The summed E-state index contributed by atoms with van der Waals surface area (Å²) in [5.74, 6) is -0.396. The molecule has 8 heteroatoms. The molecule has 0 fully saturated rings. The van der Waals surface area contributed by atoms with Crippen LogP contribution >= 0.6 is 34.5 Å². The Morgan fingerprint density at radius 1 is 1.07 bits per heavy atom. The van der Waals surface area contributed by atoms with E-state index in [0.29, 0.717) is 43.2 Å². The van der Waals surface area contributed by atoms with Crippen molar-refractivity contribution in [1.82, 2.24) is 4.98 Å². The van der Waals surface area contributed by atoms with Crippen molar-refractivity contribution in [2.75, 3.05) is 5.32 Å². The molecule has 0 bridgehead atoms. The van der Waals surface area contributed by atoms with E-state index in [-0.39, 0.29) is 11.7 Å². The number of nitrogens with one attached hydrogen (secondary N) is 1. The van der Waals surface area contributed by atoms with Crippen molar-refractivity contribution in [2.24, 2.45) is 0 Å². The van der Waals surface area contributed by atoms with E-state index >= 15 is 0 Å². The van der Waals surface area contributed by atoms with Gasteiger partial charge in [-0.15, -0.1) is 11.3 Å². The first-order chi connectivity index (χ1) is 14.5. The second kappa shape index (κ2) is 7.40. The molecule has 30 heavy (non-hydrogen) atoms. The van der Waals surface area contributed by atoms with Gasteiger partial charge in [0.25, 0.3) is 5.91 Å². The highest BCUT2D eigenvalue weighted by Crippen LogP contribution is 2.37. The van der Waals surface area contributed by atoms with Crippen LogP contribution in [0.15, 0.2) is 65.1 Å². The number of amides is 1. The summed E-state index contributed by atoms with van der Waals surface area (Å²) < 4.78 is 20.0. The van der Waals surface area contributed by atoms with Gasteiger partial charge in [0.05, 0.1) is 5.02 Å². The Kier molecular flexibility index (Phi) is 4.70. The van der Waals surface area contributed by atoms with Crippen molar-refractivity contribution >= 4 is 67.3 Å². The summed E-state index contributed by atoms with van der Waals surface area (Å²) in [7, 11) is 0. The molecular weight excluding hydrogens is 446 g/mol. The average Bonchev–Trinajstić information content (AvgIpc) is 3.28. The van der Waals surface area contributed by atoms with Crippen LogP contribution < -0.4 is 5.32 Å².